The van der Waals surface area contributed by atoms with E-state index in [9.17, 15) is 9.90 Å². The van der Waals surface area contributed by atoms with Crippen LogP contribution in [0, 0.1) is 11.8 Å². The third-order valence-corrected chi connectivity index (χ3v) is 4.38. The van der Waals surface area contributed by atoms with Gasteiger partial charge < -0.3 is 15.1 Å². The topological polar surface area (TPSA) is 60.8 Å². The number of likely N-dealkylation sites (tertiary alicyclic amines) is 1. The molecular weight excluding hydrogens is 274 g/mol. The van der Waals surface area contributed by atoms with Gasteiger partial charge in [-0.3, -0.25) is 4.79 Å². The van der Waals surface area contributed by atoms with Crippen LogP contribution in [-0.2, 0) is 0 Å². The van der Waals surface area contributed by atoms with Crippen molar-refractivity contribution in [3.05, 3.63) is 21.9 Å². The lowest BCUT2D eigenvalue weighted by Gasteiger charge is -2.35. The molecule has 1 aliphatic rings. The van der Waals surface area contributed by atoms with Crippen LogP contribution in [0.5, 0.6) is 0 Å². The van der Waals surface area contributed by atoms with Gasteiger partial charge in [-0.2, -0.15) is 0 Å². The Morgan fingerprint density at radius 2 is 2.15 bits per heavy atom. The molecule has 5 heteroatoms. The highest BCUT2D eigenvalue weighted by molar-refractivity contribution is 7.14. The van der Waals surface area contributed by atoms with Crippen LogP contribution in [0.4, 0.5) is 0 Å². The first kappa shape index (κ1) is 15.0. The highest BCUT2D eigenvalue weighted by Crippen LogP contribution is 2.24. The van der Waals surface area contributed by atoms with Crippen molar-refractivity contribution in [1.29, 1.82) is 0 Å². The van der Waals surface area contributed by atoms with Crippen molar-refractivity contribution in [2.75, 3.05) is 19.7 Å². The lowest BCUT2D eigenvalue weighted by Crippen LogP contribution is -2.44. The Morgan fingerprint density at radius 3 is 2.80 bits per heavy atom. The van der Waals surface area contributed by atoms with E-state index in [1.165, 1.54) is 11.3 Å². The average molecular weight is 293 g/mol. The van der Waals surface area contributed by atoms with E-state index in [1.807, 2.05) is 13.0 Å². The van der Waals surface area contributed by atoms with Gasteiger partial charge in [0.25, 0.3) is 5.91 Å². The standard InChI is InChI=1S/C15H19NO3S/c1-15(19)7-9-16(10-8-15)14(18)13-6-5-12(20-13)4-2-3-11-17/h5-6,17,19H,3,7-11H2,1H3. The third kappa shape index (κ3) is 3.83. The van der Waals surface area contributed by atoms with E-state index in [2.05, 4.69) is 11.8 Å². The van der Waals surface area contributed by atoms with Crippen LogP contribution in [-0.4, -0.2) is 46.3 Å². The second-order valence-corrected chi connectivity index (χ2v) is 6.31. The van der Waals surface area contributed by atoms with Crippen LogP contribution in [0.3, 0.4) is 0 Å². The number of nitrogens with zero attached hydrogens (tertiary/aromatic N) is 1. The Balaban J connectivity index is 1.99. The number of aliphatic hydroxyl groups excluding tert-OH is 1. The first-order chi connectivity index (χ1) is 9.52. The summed E-state index contributed by atoms with van der Waals surface area (Å²) in [5, 5.41) is 18.6. The highest BCUT2D eigenvalue weighted by Gasteiger charge is 2.30. The van der Waals surface area contributed by atoms with Crippen LogP contribution in [0.15, 0.2) is 12.1 Å². The van der Waals surface area contributed by atoms with Crippen LogP contribution >= 0.6 is 11.3 Å². The summed E-state index contributed by atoms with van der Waals surface area (Å²) < 4.78 is 0. The summed E-state index contributed by atoms with van der Waals surface area (Å²) in [5.74, 6) is 5.80. The van der Waals surface area contributed by atoms with Crippen molar-refractivity contribution in [1.82, 2.24) is 4.90 Å². The van der Waals surface area contributed by atoms with Crippen LogP contribution < -0.4 is 0 Å². The molecule has 1 aromatic heterocycles. The molecule has 0 radical (unpaired) electrons. The molecule has 4 nitrogen and oxygen atoms in total. The molecule has 2 N–H and O–H groups in total. The number of amides is 1. The second-order valence-electron chi connectivity index (χ2n) is 5.23. The fraction of sp³-hybridized carbons (Fsp3) is 0.533. The van der Waals surface area contributed by atoms with Crippen LogP contribution in [0.2, 0.25) is 0 Å². The van der Waals surface area contributed by atoms with E-state index in [0.29, 0.717) is 37.2 Å². The zero-order valence-corrected chi connectivity index (χ0v) is 12.4. The van der Waals surface area contributed by atoms with Crippen molar-refractivity contribution in [2.24, 2.45) is 0 Å². The minimum Gasteiger partial charge on any atom is -0.395 e. The number of aliphatic hydroxyl groups is 2. The number of piperidine rings is 1. The Morgan fingerprint density at radius 1 is 1.45 bits per heavy atom. The highest BCUT2D eigenvalue weighted by atomic mass is 32.1. The maximum Gasteiger partial charge on any atom is 0.263 e. The van der Waals surface area contributed by atoms with Crippen molar-refractivity contribution in [3.8, 4) is 11.8 Å². The molecule has 1 saturated heterocycles. The fourth-order valence-electron chi connectivity index (χ4n) is 2.07. The van der Waals surface area contributed by atoms with Crippen LogP contribution in [0.1, 0.15) is 40.7 Å². The molecule has 0 bridgehead atoms. The Labute approximate surface area is 123 Å². The number of rotatable bonds is 2. The van der Waals surface area contributed by atoms with Gasteiger partial charge in [-0.25, -0.2) is 0 Å². The molecule has 2 rings (SSSR count). The predicted octanol–water partition coefficient (Wildman–Crippen LogP) is 1.47. The number of hydrogen-bond donors (Lipinski definition) is 2. The van der Waals surface area contributed by atoms with Crippen molar-refractivity contribution in [2.45, 2.75) is 31.8 Å². The van der Waals surface area contributed by atoms with E-state index in [1.54, 1.807) is 11.0 Å². The molecule has 0 aromatic carbocycles. The molecule has 108 valence electrons. The van der Waals surface area contributed by atoms with Gasteiger partial charge in [-0.1, -0.05) is 11.8 Å². The third-order valence-electron chi connectivity index (χ3n) is 3.39. The summed E-state index contributed by atoms with van der Waals surface area (Å²) in [5.41, 5.74) is -0.646. The van der Waals surface area contributed by atoms with Gasteiger partial charge in [0.1, 0.15) is 0 Å². The molecule has 0 atom stereocenters. The number of carbonyl (C=O) groups is 1. The molecule has 1 aliphatic heterocycles. The largest absolute Gasteiger partial charge is 0.395 e. The first-order valence-corrected chi connectivity index (χ1v) is 7.55. The summed E-state index contributed by atoms with van der Waals surface area (Å²) in [6.45, 7) is 3.05. The molecule has 0 aliphatic carbocycles. The van der Waals surface area contributed by atoms with Crippen molar-refractivity contribution < 1.29 is 15.0 Å². The van der Waals surface area contributed by atoms with E-state index >= 15 is 0 Å². The van der Waals surface area contributed by atoms with E-state index in [4.69, 9.17) is 5.11 Å². The quantitative estimate of drug-likeness (QED) is 0.812. The molecular formula is C15H19NO3S. The minimum absolute atomic E-state index is 0.0145. The summed E-state index contributed by atoms with van der Waals surface area (Å²) in [6.07, 6.45) is 1.68. The van der Waals surface area contributed by atoms with Gasteiger partial charge in [0.05, 0.1) is 22.0 Å². The van der Waals surface area contributed by atoms with E-state index in [-0.39, 0.29) is 12.5 Å². The predicted molar refractivity (Wildman–Crippen MR) is 78.7 cm³/mol. The molecule has 1 fully saturated rings. The Bertz CT molecular complexity index is 529. The summed E-state index contributed by atoms with van der Waals surface area (Å²) in [4.78, 5) is 15.6. The number of carbonyl (C=O) groups excluding carboxylic acids is 1. The molecule has 0 saturated carbocycles. The smallest absolute Gasteiger partial charge is 0.263 e. The summed E-state index contributed by atoms with van der Waals surface area (Å²) >= 11 is 1.38. The van der Waals surface area contributed by atoms with E-state index < -0.39 is 5.60 Å². The monoisotopic (exact) mass is 293 g/mol. The second kappa shape index (κ2) is 6.40. The molecule has 1 amide bonds. The number of hydrogen-bond acceptors (Lipinski definition) is 4. The zero-order valence-electron chi connectivity index (χ0n) is 11.6. The molecule has 0 spiro atoms. The van der Waals surface area contributed by atoms with Crippen LogP contribution in [0.25, 0.3) is 0 Å². The number of thiophene rings is 1. The normalized spacial score (nSPS) is 17.4. The molecule has 0 unspecified atom stereocenters. The lowest BCUT2D eigenvalue weighted by atomic mass is 9.94. The summed E-state index contributed by atoms with van der Waals surface area (Å²) in [6, 6.07) is 3.63. The van der Waals surface area contributed by atoms with Gasteiger partial charge in [0.15, 0.2) is 0 Å². The maximum atomic E-state index is 12.3. The Hall–Kier alpha value is -1.35. The van der Waals surface area contributed by atoms with Gasteiger partial charge in [-0.15, -0.1) is 11.3 Å². The minimum atomic E-state index is -0.646. The van der Waals surface area contributed by atoms with Crippen molar-refractivity contribution >= 4 is 17.2 Å². The van der Waals surface area contributed by atoms with Gasteiger partial charge in [0, 0.05) is 19.5 Å². The Kier molecular flexibility index (Phi) is 4.81. The van der Waals surface area contributed by atoms with Gasteiger partial charge >= 0.3 is 0 Å². The zero-order chi connectivity index (χ0) is 14.6. The lowest BCUT2D eigenvalue weighted by molar-refractivity contribution is -0.00188. The van der Waals surface area contributed by atoms with Gasteiger partial charge in [0.2, 0.25) is 0 Å². The van der Waals surface area contributed by atoms with E-state index in [0.717, 1.165) is 4.88 Å². The van der Waals surface area contributed by atoms with Crippen molar-refractivity contribution in [3.63, 3.8) is 0 Å². The maximum absolute atomic E-state index is 12.3. The fourth-order valence-corrected chi connectivity index (χ4v) is 2.92. The molecule has 1 aromatic rings. The average Bonchev–Trinajstić information content (AvgIpc) is 2.87. The molecule has 20 heavy (non-hydrogen) atoms. The SMILES string of the molecule is CC1(O)CCN(C(=O)c2ccc(C#CCCO)s2)CC1. The molecule has 2 heterocycles. The first-order valence-electron chi connectivity index (χ1n) is 6.73. The van der Waals surface area contributed by atoms with Gasteiger partial charge in [-0.05, 0) is 31.9 Å². The summed E-state index contributed by atoms with van der Waals surface area (Å²) in [7, 11) is 0.